The quantitative estimate of drug-likeness (QED) is 0.262. The third kappa shape index (κ3) is 6.42. The fourth-order valence-corrected chi connectivity index (χ4v) is 7.90. The predicted molar refractivity (Wildman–Crippen MR) is 185 cm³/mol. The number of nitrogens with zero attached hydrogens (tertiary/aromatic N) is 1. The van der Waals surface area contributed by atoms with Crippen molar-refractivity contribution in [2.45, 2.75) is 69.9 Å². The fourth-order valence-electron chi connectivity index (χ4n) is 7.03. The number of amides is 4. The standard InChI is InChI=1S/C35H36Cl2FN3O8S/c1-6-34(7-2,31(43)40-50(5,46)47)49-28-14-11-20(36)15-24(28)26-18-29(42)39-30(23-17-22(38)12-9-19(23)4)35(26)25-13-10-21(37)16-27(25)41(32(35)44)33(45)48-8-3/h9-17,26,30H,6-8,18H2,1-5H3,(H,39,42)(H,40,43). The highest BCUT2D eigenvalue weighted by Gasteiger charge is 2.65. The summed E-state index contributed by atoms with van der Waals surface area (Å²) in [6.07, 6.45) is -0.416. The second-order valence-electron chi connectivity index (χ2n) is 12.3. The number of sulfonamides is 1. The molecule has 0 bridgehead atoms. The molecular formula is C35H36Cl2FN3O8S. The average Bonchev–Trinajstić information content (AvgIpc) is 3.29. The van der Waals surface area contributed by atoms with E-state index in [1.807, 2.05) is 4.72 Å². The van der Waals surface area contributed by atoms with E-state index in [-0.39, 0.29) is 64.0 Å². The normalized spacial score (nSPS) is 20.4. The number of carbonyl (C=O) groups is 4. The molecule has 2 N–H and O–H groups in total. The van der Waals surface area contributed by atoms with Gasteiger partial charge in [-0.25, -0.2) is 27.2 Å². The maximum absolute atomic E-state index is 15.2. The lowest BCUT2D eigenvalue weighted by atomic mass is 9.58. The SMILES string of the molecule is CCOC(=O)N1C(=O)C2(c3ccc(Cl)cc31)C(c1cc(Cl)ccc1OC(CC)(CC)C(=O)NS(C)(=O)=O)CC(=O)NC2c1cc(F)ccc1C. The first-order chi connectivity index (χ1) is 23.5. The highest BCUT2D eigenvalue weighted by molar-refractivity contribution is 7.89. The van der Waals surface area contributed by atoms with Crippen LogP contribution in [-0.4, -0.2) is 50.7 Å². The molecule has 11 nitrogen and oxygen atoms in total. The summed E-state index contributed by atoms with van der Waals surface area (Å²) in [5, 5.41) is 3.31. The summed E-state index contributed by atoms with van der Waals surface area (Å²) in [7, 11) is -3.98. The van der Waals surface area contributed by atoms with E-state index in [0.717, 1.165) is 11.2 Å². The zero-order chi connectivity index (χ0) is 36.8. The molecule has 3 aromatic carbocycles. The summed E-state index contributed by atoms with van der Waals surface area (Å²) < 4.78 is 53.0. The number of anilines is 1. The molecule has 0 aliphatic carbocycles. The predicted octanol–water partition coefficient (Wildman–Crippen LogP) is 6.24. The van der Waals surface area contributed by atoms with Crippen molar-refractivity contribution >= 4 is 62.7 Å². The molecule has 50 heavy (non-hydrogen) atoms. The Morgan fingerprint density at radius 2 is 1.68 bits per heavy atom. The summed E-state index contributed by atoms with van der Waals surface area (Å²) in [4.78, 5) is 56.9. The molecule has 1 saturated heterocycles. The maximum atomic E-state index is 15.2. The average molecular weight is 749 g/mol. The maximum Gasteiger partial charge on any atom is 0.421 e. The second-order valence-corrected chi connectivity index (χ2v) is 14.9. The van der Waals surface area contributed by atoms with Crippen LogP contribution < -0.4 is 19.7 Å². The van der Waals surface area contributed by atoms with E-state index < -0.39 is 62.6 Å². The number of rotatable bonds is 9. The minimum atomic E-state index is -3.98. The van der Waals surface area contributed by atoms with Crippen LogP contribution in [0.15, 0.2) is 54.6 Å². The number of benzene rings is 3. The van der Waals surface area contributed by atoms with Gasteiger partial charge >= 0.3 is 6.09 Å². The van der Waals surface area contributed by atoms with Gasteiger partial charge in [-0.2, -0.15) is 0 Å². The van der Waals surface area contributed by atoms with E-state index in [0.29, 0.717) is 5.56 Å². The molecule has 2 aliphatic rings. The zero-order valence-corrected chi connectivity index (χ0v) is 30.3. The number of hydrogen-bond donors (Lipinski definition) is 2. The number of aryl methyl sites for hydroxylation is 1. The van der Waals surface area contributed by atoms with Crippen LogP contribution in [0.5, 0.6) is 5.75 Å². The van der Waals surface area contributed by atoms with Crippen molar-refractivity contribution < 1.29 is 41.5 Å². The number of carbonyl (C=O) groups excluding carboxylic acids is 4. The lowest BCUT2D eigenvalue weighted by Gasteiger charge is -2.47. The number of imide groups is 1. The Morgan fingerprint density at radius 1 is 1.02 bits per heavy atom. The molecule has 4 amide bonds. The molecule has 3 unspecified atom stereocenters. The molecule has 3 aromatic rings. The van der Waals surface area contributed by atoms with Crippen LogP contribution >= 0.6 is 23.2 Å². The van der Waals surface area contributed by atoms with Gasteiger partial charge in [-0.15, -0.1) is 0 Å². The van der Waals surface area contributed by atoms with E-state index in [1.165, 1.54) is 48.5 Å². The van der Waals surface area contributed by atoms with Crippen LogP contribution in [0, 0.1) is 12.7 Å². The van der Waals surface area contributed by atoms with Gasteiger partial charge in [0.05, 0.1) is 24.6 Å². The van der Waals surface area contributed by atoms with Crippen LogP contribution in [0.1, 0.15) is 74.2 Å². The Kier molecular flexibility index (Phi) is 10.3. The van der Waals surface area contributed by atoms with E-state index in [2.05, 4.69) is 5.32 Å². The van der Waals surface area contributed by atoms with Gasteiger partial charge in [0.15, 0.2) is 5.60 Å². The number of ether oxygens (including phenoxy) is 2. The summed E-state index contributed by atoms with van der Waals surface area (Å²) in [6, 6.07) is 11.8. The molecule has 2 heterocycles. The molecule has 1 fully saturated rings. The van der Waals surface area contributed by atoms with Gasteiger partial charge in [-0.1, -0.05) is 49.2 Å². The number of fused-ring (bicyclic) bond motifs is 2. The van der Waals surface area contributed by atoms with Gasteiger partial charge in [-0.3, -0.25) is 14.4 Å². The first-order valence-corrected chi connectivity index (χ1v) is 18.5. The van der Waals surface area contributed by atoms with E-state index in [1.54, 1.807) is 33.8 Å². The van der Waals surface area contributed by atoms with Crippen LogP contribution in [0.25, 0.3) is 0 Å². The highest BCUT2D eigenvalue weighted by Crippen LogP contribution is 2.61. The van der Waals surface area contributed by atoms with Gasteiger partial charge in [0.25, 0.3) is 5.91 Å². The second kappa shape index (κ2) is 13.8. The lowest BCUT2D eigenvalue weighted by Crippen LogP contribution is -2.59. The van der Waals surface area contributed by atoms with Crippen LogP contribution in [0.4, 0.5) is 14.9 Å². The largest absolute Gasteiger partial charge is 0.477 e. The fraction of sp³-hybridized carbons (Fsp3) is 0.371. The molecule has 5 rings (SSSR count). The third-order valence-corrected chi connectivity index (χ3v) is 10.4. The van der Waals surface area contributed by atoms with E-state index in [9.17, 15) is 22.8 Å². The first-order valence-electron chi connectivity index (χ1n) is 15.9. The van der Waals surface area contributed by atoms with Gasteiger partial charge in [0.2, 0.25) is 21.8 Å². The highest BCUT2D eigenvalue weighted by atomic mass is 35.5. The van der Waals surface area contributed by atoms with Crippen molar-refractivity contribution in [1.29, 1.82) is 0 Å². The van der Waals surface area contributed by atoms with Gasteiger partial charge < -0.3 is 14.8 Å². The lowest BCUT2D eigenvalue weighted by molar-refractivity contribution is -0.136. The molecule has 2 aliphatic heterocycles. The van der Waals surface area contributed by atoms with Gasteiger partial charge in [0, 0.05) is 27.9 Å². The minimum absolute atomic E-state index is 0.0330. The summed E-state index contributed by atoms with van der Waals surface area (Å²) in [5.74, 6) is -3.96. The summed E-state index contributed by atoms with van der Waals surface area (Å²) in [5.41, 5.74) is -2.15. The topological polar surface area (TPSA) is 148 Å². The minimum Gasteiger partial charge on any atom is -0.477 e. The molecule has 1 spiro atoms. The Labute approximate surface area is 299 Å². The third-order valence-electron chi connectivity index (χ3n) is 9.39. The molecular weight excluding hydrogens is 712 g/mol. The summed E-state index contributed by atoms with van der Waals surface area (Å²) in [6.45, 7) is 6.53. The molecule has 0 aromatic heterocycles. The number of hydrogen-bond acceptors (Lipinski definition) is 8. The van der Waals surface area contributed by atoms with Gasteiger partial charge in [-0.05, 0) is 85.8 Å². The molecule has 266 valence electrons. The van der Waals surface area contributed by atoms with Crippen molar-refractivity contribution in [2.24, 2.45) is 0 Å². The monoisotopic (exact) mass is 747 g/mol. The Balaban J connectivity index is 1.85. The van der Waals surface area contributed by atoms with Crippen LogP contribution in [-0.2, 0) is 34.6 Å². The molecule has 15 heteroatoms. The van der Waals surface area contributed by atoms with Crippen molar-refractivity contribution in [2.75, 3.05) is 17.8 Å². The zero-order valence-electron chi connectivity index (χ0n) is 27.9. The van der Waals surface area contributed by atoms with Crippen molar-refractivity contribution in [1.82, 2.24) is 10.0 Å². The summed E-state index contributed by atoms with van der Waals surface area (Å²) >= 11 is 13.0. The molecule has 0 saturated carbocycles. The van der Waals surface area contributed by atoms with Crippen molar-refractivity contribution in [3.8, 4) is 5.75 Å². The number of halogens is 3. The first kappa shape index (κ1) is 37.1. The Morgan fingerprint density at radius 3 is 2.32 bits per heavy atom. The Hall–Kier alpha value is -4.20. The number of nitrogens with one attached hydrogen (secondary N) is 2. The smallest absolute Gasteiger partial charge is 0.421 e. The molecule has 3 atom stereocenters. The van der Waals surface area contributed by atoms with Crippen LogP contribution in [0.3, 0.4) is 0 Å². The van der Waals surface area contributed by atoms with E-state index >= 15 is 9.18 Å². The Bertz CT molecular complexity index is 2010. The van der Waals surface area contributed by atoms with E-state index in [4.69, 9.17) is 32.7 Å². The number of piperidine rings is 1. The van der Waals surface area contributed by atoms with Crippen molar-refractivity contribution in [3.63, 3.8) is 0 Å². The van der Waals surface area contributed by atoms with Crippen LogP contribution in [0.2, 0.25) is 10.0 Å². The van der Waals surface area contributed by atoms with Crippen molar-refractivity contribution in [3.05, 3.63) is 92.7 Å². The molecule has 0 radical (unpaired) electrons. The van der Waals surface area contributed by atoms with Gasteiger partial charge in [0.1, 0.15) is 17.0 Å².